The van der Waals surface area contributed by atoms with Crippen molar-refractivity contribution in [2.75, 3.05) is 20.3 Å². The summed E-state index contributed by atoms with van der Waals surface area (Å²) in [5, 5.41) is 57.9. The monoisotopic (exact) mass is 340 g/mol. The quantitative estimate of drug-likeness (QED) is 0.294. The van der Waals surface area contributed by atoms with E-state index in [9.17, 15) is 25.5 Å². The van der Waals surface area contributed by atoms with Crippen molar-refractivity contribution in [3.8, 4) is 0 Å². The van der Waals surface area contributed by atoms with Crippen molar-refractivity contribution in [3.63, 3.8) is 0 Å². The summed E-state index contributed by atoms with van der Waals surface area (Å²) in [4.78, 5) is 0. The smallest absolute Gasteiger partial charge is 0.187 e. The second kappa shape index (κ2) is 8.12. The van der Waals surface area contributed by atoms with Gasteiger partial charge in [0.25, 0.3) is 0 Å². The molecule has 0 aliphatic carbocycles. The average Bonchev–Trinajstić information content (AvgIpc) is 2.56. The molecule has 2 aliphatic heterocycles. The zero-order valence-corrected chi connectivity index (χ0v) is 12.6. The van der Waals surface area contributed by atoms with Gasteiger partial charge in [-0.05, 0) is 0 Å². The standard InChI is InChI=1S/C13H24O10/c1-20-8-2-5(9(16)6(3-14)21-8)22-13-12(19)11(18)10(17)7(4-15)23-13/h5-19H,2-4H2,1H3/t5-,6-,7-,8+,9-,10+,11+,12-,13-/m1/s1. The molecule has 2 aliphatic rings. The van der Waals surface area contributed by atoms with Crippen LogP contribution < -0.4 is 0 Å². The van der Waals surface area contributed by atoms with Gasteiger partial charge >= 0.3 is 0 Å². The molecule has 2 fully saturated rings. The minimum Gasteiger partial charge on any atom is -0.394 e. The van der Waals surface area contributed by atoms with E-state index in [0.29, 0.717) is 0 Å². The number of aliphatic hydroxyl groups is 6. The SMILES string of the molecule is CO[C@@H]1C[C@@H](O[C@@H]2O[C@H](CO)[C@H](O)[C@H](O)[C@H]2O)[C@@H](O)[C@@H](CO)O1. The summed E-state index contributed by atoms with van der Waals surface area (Å²) in [5.74, 6) is 0. The van der Waals surface area contributed by atoms with Crippen molar-refractivity contribution in [3.05, 3.63) is 0 Å². The molecule has 9 atom stereocenters. The fourth-order valence-electron chi connectivity index (χ4n) is 2.69. The maximum absolute atomic E-state index is 10.1. The van der Waals surface area contributed by atoms with Gasteiger partial charge in [0.2, 0.25) is 0 Å². The molecule has 6 N–H and O–H groups in total. The van der Waals surface area contributed by atoms with Crippen molar-refractivity contribution < 1.29 is 49.6 Å². The Kier molecular flexibility index (Phi) is 6.68. The molecule has 0 bridgehead atoms. The first-order valence-corrected chi connectivity index (χ1v) is 7.36. The second-order valence-electron chi connectivity index (χ2n) is 5.62. The van der Waals surface area contributed by atoms with E-state index in [1.165, 1.54) is 7.11 Å². The lowest BCUT2D eigenvalue weighted by Gasteiger charge is -2.44. The van der Waals surface area contributed by atoms with Crippen molar-refractivity contribution in [1.82, 2.24) is 0 Å². The predicted molar refractivity (Wildman–Crippen MR) is 72.0 cm³/mol. The minimum absolute atomic E-state index is 0.100. The maximum Gasteiger partial charge on any atom is 0.187 e. The summed E-state index contributed by atoms with van der Waals surface area (Å²) in [5.41, 5.74) is 0. The lowest BCUT2D eigenvalue weighted by atomic mass is 9.98. The van der Waals surface area contributed by atoms with E-state index >= 15 is 0 Å². The highest BCUT2D eigenvalue weighted by Crippen LogP contribution is 2.28. The highest BCUT2D eigenvalue weighted by atomic mass is 16.7. The Balaban J connectivity index is 2.06. The Bertz CT molecular complexity index is 357. The van der Waals surface area contributed by atoms with Gasteiger partial charge in [-0.25, -0.2) is 0 Å². The van der Waals surface area contributed by atoms with Gasteiger partial charge < -0.3 is 49.6 Å². The first-order chi connectivity index (χ1) is 10.9. The van der Waals surface area contributed by atoms with Gasteiger partial charge in [-0.2, -0.15) is 0 Å². The Labute approximate surface area is 132 Å². The lowest BCUT2D eigenvalue weighted by Crippen LogP contribution is -2.61. The van der Waals surface area contributed by atoms with E-state index in [4.69, 9.17) is 24.1 Å². The molecule has 0 amide bonds. The van der Waals surface area contributed by atoms with Gasteiger partial charge in [0.1, 0.15) is 36.6 Å². The number of hydrogen-bond donors (Lipinski definition) is 6. The van der Waals surface area contributed by atoms with E-state index in [1.807, 2.05) is 0 Å². The molecular weight excluding hydrogens is 316 g/mol. The van der Waals surface area contributed by atoms with Crippen LogP contribution in [0.1, 0.15) is 6.42 Å². The normalized spacial score (nSPS) is 48.4. The molecule has 0 spiro atoms. The number of aliphatic hydroxyl groups excluding tert-OH is 6. The van der Waals surface area contributed by atoms with Crippen molar-refractivity contribution in [2.45, 2.75) is 61.7 Å². The molecule has 0 unspecified atom stereocenters. The summed E-state index contributed by atoms with van der Waals surface area (Å²) >= 11 is 0. The Morgan fingerprint density at radius 1 is 0.870 bits per heavy atom. The minimum atomic E-state index is -1.57. The van der Waals surface area contributed by atoms with Crippen LogP contribution in [0.2, 0.25) is 0 Å². The maximum atomic E-state index is 10.1. The van der Waals surface area contributed by atoms with Crippen molar-refractivity contribution in [1.29, 1.82) is 0 Å². The molecule has 0 aromatic heterocycles. The third-order valence-electron chi connectivity index (χ3n) is 4.11. The Morgan fingerprint density at radius 2 is 1.48 bits per heavy atom. The van der Waals surface area contributed by atoms with Gasteiger partial charge in [-0.1, -0.05) is 0 Å². The molecule has 0 radical (unpaired) electrons. The van der Waals surface area contributed by atoms with E-state index < -0.39 is 68.5 Å². The predicted octanol–water partition coefficient (Wildman–Crippen LogP) is -3.71. The van der Waals surface area contributed by atoms with Gasteiger partial charge in [0.15, 0.2) is 12.6 Å². The van der Waals surface area contributed by atoms with Crippen molar-refractivity contribution >= 4 is 0 Å². The largest absolute Gasteiger partial charge is 0.394 e. The molecular formula is C13H24O10. The highest BCUT2D eigenvalue weighted by Gasteiger charge is 2.47. The van der Waals surface area contributed by atoms with Crippen LogP contribution in [0.5, 0.6) is 0 Å². The molecule has 0 aromatic carbocycles. The first kappa shape index (κ1) is 18.9. The van der Waals surface area contributed by atoms with E-state index in [1.54, 1.807) is 0 Å². The number of rotatable bonds is 5. The lowest BCUT2D eigenvalue weighted by molar-refractivity contribution is -0.338. The van der Waals surface area contributed by atoms with Crippen LogP contribution in [0.25, 0.3) is 0 Å². The molecule has 136 valence electrons. The molecule has 2 heterocycles. The molecule has 0 aromatic rings. The summed E-state index contributed by atoms with van der Waals surface area (Å²) in [6, 6.07) is 0. The third-order valence-corrected chi connectivity index (χ3v) is 4.11. The summed E-state index contributed by atoms with van der Waals surface area (Å²) in [6.07, 6.45) is -10.8. The Hall–Kier alpha value is -0.400. The fraction of sp³-hybridized carbons (Fsp3) is 1.00. The molecule has 0 saturated carbocycles. The molecule has 23 heavy (non-hydrogen) atoms. The topological polar surface area (TPSA) is 158 Å². The first-order valence-electron chi connectivity index (χ1n) is 7.36. The molecule has 10 heteroatoms. The second-order valence-corrected chi connectivity index (χ2v) is 5.62. The van der Waals surface area contributed by atoms with Crippen LogP contribution in [0.4, 0.5) is 0 Å². The van der Waals surface area contributed by atoms with Gasteiger partial charge in [0.05, 0.1) is 19.3 Å². The molecule has 2 saturated heterocycles. The third kappa shape index (κ3) is 3.99. The van der Waals surface area contributed by atoms with Crippen LogP contribution in [0, 0.1) is 0 Å². The van der Waals surface area contributed by atoms with Crippen LogP contribution in [0.3, 0.4) is 0 Å². The van der Waals surface area contributed by atoms with Gasteiger partial charge in [-0.3, -0.25) is 0 Å². The zero-order chi connectivity index (χ0) is 17.1. The van der Waals surface area contributed by atoms with Gasteiger partial charge in [0, 0.05) is 13.5 Å². The van der Waals surface area contributed by atoms with E-state index in [2.05, 4.69) is 0 Å². The van der Waals surface area contributed by atoms with Crippen LogP contribution in [-0.4, -0.2) is 106 Å². The van der Waals surface area contributed by atoms with E-state index in [0.717, 1.165) is 0 Å². The zero-order valence-electron chi connectivity index (χ0n) is 12.6. The number of hydrogen-bond acceptors (Lipinski definition) is 10. The molecule has 2 rings (SSSR count). The number of methoxy groups -OCH3 is 1. The van der Waals surface area contributed by atoms with Gasteiger partial charge in [-0.15, -0.1) is 0 Å². The van der Waals surface area contributed by atoms with Crippen molar-refractivity contribution in [2.24, 2.45) is 0 Å². The Morgan fingerprint density at radius 3 is 2.04 bits per heavy atom. The summed E-state index contributed by atoms with van der Waals surface area (Å²) in [7, 11) is 1.39. The van der Waals surface area contributed by atoms with Crippen LogP contribution >= 0.6 is 0 Å². The molecule has 10 nitrogen and oxygen atoms in total. The average molecular weight is 340 g/mol. The fourth-order valence-corrected chi connectivity index (χ4v) is 2.69. The number of ether oxygens (including phenoxy) is 4. The van der Waals surface area contributed by atoms with E-state index in [-0.39, 0.29) is 6.42 Å². The van der Waals surface area contributed by atoms with Crippen LogP contribution in [-0.2, 0) is 18.9 Å². The summed E-state index contributed by atoms with van der Waals surface area (Å²) < 4.78 is 21.1. The van der Waals surface area contributed by atoms with Crippen LogP contribution in [0.15, 0.2) is 0 Å². The summed E-state index contributed by atoms with van der Waals surface area (Å²) in [6.45, 7) is -1.04. The highest BCUT2D eigenvalue weighted by molar-refractivity contribution is 4.91.